The third kappa shape index (κ3) is 6.50. The lowest BCUT2D eigenvalue weighted by Crippen LogP contribution is -2.45. The van der Waals surface area contributed by atoms with Crippen molar-refractivity contribution in [3.63, 3.8) is 0 Å². The minimum atomic E-state index is -3.32. The zero-order valence-corrected chi connectivity index (χ0v) is 20.2. The van der Waals surface area contributed by atoms with Gasteiger partial charge in [-0.3, -0.25) is 4.72 Å². The molecule has 1 atom stereocenters. The Morgan fingerprint density at radius 1 is 1.22 bits per heavy atom. The van der Waals surface area contributed by atoms with Gasteiger partial charge in [0.25, 0.3) is 0 Å². The highest BCUT2D eigenvalue weighted by Crippen LogP contribution is 2.36. The molecule has 0 bridgehead atoms. The Kier molecular flexibility index (Phi) is 7.44. The van der Waals surface area contributed by atoms with Gasteiger partial charge >= 0.3 is 0 Å². The normalized spacial score (nSPS) is 20.2. The Hall–Kier alpha value is -2.01. The summed E-state index contributed by atoms with van der Waals surface area (Å²) in [6.45, 7) is 5.82. The Balaban J connectivity index is 1.56. The zero-order valence-electron chi connectivity index (χ0n) is 18.6. The lowest BCUT2D eigenvalue weighted by molar-refractivity contribution is 0.166. The summed E-state index contributed by atoms with van der Waals surface area (Å²) >= 11 is 1.49. The zero-order chi connectivity index (χ0) is 22.6. The molecule has 2 aliphatic heterocycles. The van der Waals surface area contributed by atoms with Gasteiger partial charge in [-0.2, -0.15) is 0 Å². The second kappa shape index (κ2) is 10.3. The van der Waals surface area contributed by atoms with Crippen LogP contribution in [0, 0.1) is 0 Å². The number of sulfonamides is 1. The Morgan fingerprint density at radius 3 is 2.75 bits per heavy atom. The summed E-state index contributed by atoms with van der Waals surface area (Å²) in [5.41, 5.74) is 1.58. The number of anilines is 2. The molecule has 4 rings (SSSR count). The molecule has 0 spiro atoms. The van der Waals surface area contributed by atoms with E-state index in [1.807, 2.05) is 30.5 Å². The first-order chi connectivity index (χ1) is 15.4. The Bertz CT molecular complexity index is 1020. The van der Waals surface area contributed by atoms with Gasteiger partial charge in [0.05, 0.1) is 18.1 Å². The highest BCUT2D eigenvalue weighted by atomic mass is 32.2. The van der Waals surface area contributed by atoms with Gasteiger partial charge in [-0.25, -0.2) is 13.4 Å². The minimum absolute atomic E-state index is 0.150. The average molecular weight is 478 g/mol. The molecule has 0 saturated carbocycles. The fraction of sp³-hybridized carbons (Fsp3) is 0.500. The first kappa shape index (κ1) is 23.2. The van der Waals surface area contributed by atoms with Gasteiger partial charge < -0.3 is 19.9 Å². The van der Waals surface area contributed by atoms with Crippen molar-refractivity contribution in [3.8, 4) is 5.75 Å². The van der Waals surface area contributed by atoms with Crippen LogP contribution in [0.2, 0.25) is 0 Å². The summed E-state index contributed by atoms with van der Waals surface area (Å²) < 4.78 is 32.1. The number of pyridine rings is 1. The molecule has 0 radical (unpaired) electrons. The summed E-state index contributed by atoms with van der Waals surface area (Å²) in [5.74, 6) is 0.867. The molecule has 32 heavy (non-hydrogen) atoms. The number of benzene rings is 1. The molecule has 2 saturated heterocycles. The standard InChI is InChI=1S/C22H31N5O3S2/c1-26-9-11-27(12-10-26)20-16-24-22(14-21(20)30-18-6-4-8-23-15-18)31-19-7-3-5-17(13-19)25-32(2,28)29/h3,5,7,13-14,16,18,23,25H,4,6,8-12,15H2,1-2H3. The molecule has 1 aromatic carbocycles. The number of nitrogens with one attached hydrogen (secondary N) is 2. The van der Waals surface area contributed by atoms with Crippen LogP contribution in [0.25, 0.3) is 0 Å². The van der Waals surface area contributed by atoms with E-state index in [4.69, 9.17) is 9.72 Å². The number of ether oxygens (including phenoxy) is 1. The fourth-order valence-corrected chi connectivity index (χ4v) is 5.31. The van der Waals surface area contributed by atoms with Gasteiger partial charge in [0.1, 0.15) is 16.9 Å². The molecular weight excluding hydrogens is 446 g/mol. The van der Waals surface area contributed by atoms with E-state index in [1.165, 1.54) is 11.8 Å². The van der Waals surface area contributed by atoms with Crippen LogP contribution in [0.3, 0.4) is 0 Å². The number of piperidine rings is 1. The van der Waals surface area contributed by atoms with Crippen molar-refractivity contribution in [3.05, 3.63) is 36.5 Å². The molecule has 1 aromatic heterocycles. The molecule has 2 N–H and O–H groups in total. The summed E-state index contributed by atoms with van der Waals surface area (Å²) in [6, 6.07) is 9.34. The maximum atomic E-state index is 11.6. The van der Waals surface area contributed by atoms with E-state index in [-0.39, 0.29) is 6.10 Å². The number of rotatable bonds is 7. The van der Waals surface area contributed by atoms with Crippen LogP contribution in [0.5, 0.6) is 5.75 Å². The second-order valence-corrected chi connectivity index (χ2v) is 11.2. The van der Waals surface area contributed by atoms with E-state index in [2.05, 4.69) is 26.9 Å². The summed E-state index contributed by atoms with van der Waals surface area (Å²) in [5, 5.41) is 4.23. The molecule has 2 fully saturated rings. The first-order valence-electron chi connectivity index (χ1n) is 10.9. The SMILES string of the molecule is CN1CCN(c2cnc(Sc3cccc(NS(C)(=O)=O)c3)cc2OC2CCCNC2)CC1. The topological polar surface area (TPSA) is 86.8 Å². The molecule has 0 aliphatic carbocycles. The molecule has 2 aromatic rings. The molecule has 174 valence electrons. The van der Waals surface area contributed by atoms with Crippen LogP contribution in [0.4, 0.5) is 11.4 Å². The quantitative estimate of drug-likeness (QED) is 0.629. The van der Waals surface area contributed by atoms with E-state index in [1.54, 1.807) is 6.07 Å². The van der Waals surface area contributed by atoms with Gasteiger partial charge in [0, 0.05) is 49.4 Å². The van der Waals surface area contributed by atoms with Crippen molar-refractivity contribution in [1.29, 1.82) is 0 Å². The highest BCUT2D eigenvalue weighted by Gasteiger charge is 2.22. The third-order valence-electron chi connectivity index (χ3n) is 5.57. The average Bonchev–Trinajstić information content (AvgIpc) is 2.75. The molecule has 3 heterocycles. The predicted molar refractivity (Wildman–Crippen MR) is 129 cm³/mol. The summed E-state index contributed by atoms with van der Waals surface area (Å²) in [4.78, 5) is 10.3. The third-order valence-corrected chi connectivity index (χ3v) is 7.10. The van der Waals surface area contributed by atoms with Gasteiger partial charge in [0.2, 0.25) is 10.0 Å². The highest BCUT2D eigenvalue weighted by molar-refractivity contribution is 7.99. The number of aromatic nitrogens is 1. The van der Waals surface area contributed by atoms with Crippen molar-refractivity contribution >= 4 is 33.2 Å². The van der Waals surface area contributed by atoms with Crippen LogP contribution in [-0.2, 0) is 10.0 Å². The molecule has 0 amide bonds. The number of hydrogen-bond acceptors (Lipinski definition) is 8. The van der Waals surface area contributed by atoms with Crippen LogP contribution >= 0.6 is 11.8 Å². The lowest BCUT2D eigenvalue weighted by Gasteiger charge is -2.35. The largest absolute Gasteiger partial charge is 0.487 e. The van der Waals surface area contributed by atoms with Crippen molar-refractivity contribution in [2.45, 2.75) is 28.9 Å². The number of piperazine rings is 1. The van der Waals surface area contributed by atoms with Crippen molar-refractivity contribution < 1.29 is 13.2 Å². The smallest absolute Gasteiger partial charge is 0.229 e. The van der Waals surface area contributed by atoms with Gasteiger partial charge in [-0.05, 0) is 44.6 Å². The molecule has 1 unspecified atom stereocenters. The second-order valence-electron chi connectivity index (χ2n) is 8.37. The van der Waals surface area contributed by atoms with Crippen LogP contribution in [-0.4, -0.2) is 77.0 Å². The molecule has 10 heteroatoms. The monoisotopic (exact) mass is 477 g/mol. The Morgan fingerprint density at radius 2 is 2.03 bits per heavy atom. The Labute approximate surface area is 194 Å². The van der Waals surface area contributed by atoms with Crippen LogP contribution in [0.1, 0.15) is 12.8 Å². The van der Waals surface area contributed by atoms with Gasteiger partial charge in [-0.15, -0.1) is 0 Å². The number of likely N-dealkylation sites (N-methyl/N-ethyl adjacent to an activating group) is 1. The molecule has 8 nitrogen and oxygen atoms in total. The van der Waals surface area contributed by atoms with Crippen molar-refractivity contribution in [2.24, 2.45) is 0 Å². The maximum Gasteiger partial charge on any atom is 0.229 e. The summed E-state index contributed by atoms with van der Waals surface area (Å²) in [6.07, 6.45) is 5.37. The van der Waals surface area contributed by atoms with Gasteiger partial charge in [-0.1, -0.05) is 17.8 Å². The fourth-order valence-electron chi connectivity index (χ4n) is 3.90. The maximum absolute atomic E-state index is 11.6. The number of nitrogens with zero attached hydrogens (tertiary/aromatic N) is 3. The number of hydrogen-bond donors (Lipinski definition) is 2. The van der Waals surface area contributed by atoms with E-state index in [0.29, 0.717) is 5.69 Å². The van der Waals surface area contributed by atoms with Crippen LogP contribution in [0.15, 0.2) is 46.5 Å². The van der Waals surface area contributed by atoms with Crippen molar-refractivity contribution in [1.82, 2.24) is 15.2 Å². The van der Waals surface area contributed by atoms with E-state index in [9.17, 15) is 8.42 Å². The van der Waals surface area contributed by atoms with Crippen molar-refractivity contribution in [2.75, 3.05) is 62.2 Å². The minimum Gasteiger partial charge on any atom is -0.487 e. The first-order valence-corrected chi connectivity index (χ1v) is 13.6. The van der Waals surface area contributed by atoms with Gasteiger partial charge in [0.15, 0.2) is 0 Å². The summed E-state index contributed by atoms with van der Waals surface area (Å²) in [7, 11) is -1.18. The lowest BCUT2D eigenvalue weighted by atomic mass is 10.1. The van der Waals surface area contributed by atoms with Crippen LogP contribution < -0.4 is 19.7 Å². The molecule has 2 aliphatic rings. The van der Waals surface area contributed by atoms with E-state index < -0.39 is 10.0 Å². The van der Waals surface area contributed by atoms with E-state index >= 15 is 0 Å². The molecular formula is C22H31N5O3S2. The predicted octanol–water partition coefficient (Wildman–Crippen LogP) is 2.49. The van der Waals surface area contributed by atoms with E-state index in [0.717, 1.165) is 79.7 Å².